The smallest absolute Gasteiger partial charge is 0.137 e. The highest BCUT2D eigenvalue weighted by Gasteiger charge is 2.22. The van der Waals surface area contributed by atoms with E-state index in [1.807, 2.05) is 24.4 Å². The van der Waals surface area contributed by atoms with Crippen LogP contribution < -0.4 is 0 Å². The summed E-state index contributed by atoms with van der Waals surface area (Å²) in [5, 5.41) is 10.4. The van der Waals surface area contributed by atoms with E-state index in [0.717, 1.165) is 30.8 Å². The number of aliphatic hydroxyl groups excluding tert-OH is 1. The monoisotopic (exact) mass is 321 g/mol. The number of aromatic nitrogens is 2. The van der Waals surface area contributed by atoms with Crippen LogP contribution >= 0.6 is 0 Å². The topological polar surface area (TPSA) is 52.1 Å². The van der Waals surface area contributed by atoms with Gasteiger partial charge in [-0.2, -0.15) is 0 Å². The fourth-order valence-electron chi connectivity index (χ4n) is 3.73. The molecule has 0 radical (unpaired) electrons. The van der Waals surface area contributed by atoms with Crippen molar-refractivity contribution in [3.8, 4) is 0 Å². The normalized spacial score (nSPS) is 16.7. The number of H-pyrrole nitrogens is 1. The molecule has 1 aliphatic heterocycles. The summed E-state index contributed by atoms with van der Waals surface area (Å²) in [5.41, 5.74) is 4.72. The van der Waals surface area contributed by atoms with E-state index in [1.54, 1.807) is 0 Å². The lowest BCUT2D eigenvalue weighted by molar-refractivity contribution is 0.205. The van der Waals surface area contributed by atoms with Crippen molar-refractivity contribution in [3.63, 3.8) is 0 Å². The van der Waals surface area contributed by atoms with Crippen molar-refractivity contribution < 1.29 is 5.11 Å². The third kappa shape index (κ3) is 3.07. The predicted molar refractivity (Wildman–Crippen MR) is 95.7 cm³/mol. The number of benzene rings is 1. The maximum Gasteiger partial charge on any atom is 0.137 e. The number of rotatable bonds is 4. The fourth-order valence-corrected chi connectivity index (χ4v) is 3.73. The molecular weight excluding hydrogens is 298 g/mol. The van der Waals surface area contributed by atoms with Gasteiger partial charge < -0.3 is 10.1 Å². The SMILES string of the molecule is OCc1ccc(CN2CCC(c3c[nH]c4ncccc34)CC2)cc1. The number of aliphatic hydroxyl groups is 1. The van der Waals surface area contributed by atoms with E-state index < -0.39 is 0 Å². The average molecular weight is 321 g/mol. The maximum atomic E-state index is 9.13. The molecule has 1 aliphatic rings. The summed E-state index contributed by atoms with van der Waals surface area (Å²) in [6, 6.07) is 12.5. The summed E-state index contributed by atoms with van der Waals surface area (Å²) in [7, 11) is 0. The third-order valence-electron chi connectivity index (χ3n) is 5.12. The molecule has 0 spiro atoms. The van der Waals surface area contributed by atoms with Crippen LogP contribution in [0.15, 0.2) is 48.8 Å². The molecule has 0 unspecified atom stereocenters. The lowest BCUT2D eigenvalue weighted by Crippen LogP contribution is -2.32. The number of aromatic amines is 1. The number of piperidine rings is 1. The lowest BCUT2D eigenvalue weighted by atomic mass is 9.89. The molecule has 3 heterocycles. The Morgan fingerprint density at radius 3 is 2.58 bits per heavy atom. The Balaban J connectivity index is 1.39. The van der Waals surface area contributed by atoms with Gasteiger partial charge in [0.15, 0.2) is 0 Å². The molecule has 4 rings (SSSR count). The number of hydrogen-bond donors (Lipinski definition) is 2. The molecule has 1 saturated heterocycles. The van der Waals surface area contributed by atoms with Gasteiger partial charge in [0.25, 0.3) is 0 Å². The van der Waals surface area contributed by atoms with E-state index in [9.17, 15) is 0 Å². The molecule has 1 aromatic carbocycles. The Morgan fingerprint density at radius 1 is 1.08 bits per heavy atom. The van der Waals surface area contributed by atoms with Crippen molar-refractivity contribution >= 4 is 11.0 Å². The second-order valence-electron chi connectivity index (χ2n) is 6.67. The summed E-state index contributed by atoms with van der Waals surface area (Å²) in [6.45, 7) is 3.36. The van der Waals surface area contributed by atoms with Gasteiger partial charge in [-0.25, -0.2) is 4.98 Å². The average Bonchev–Trinajstić information content (AvgIpc) is 3.07. The van der Waals surface area contributed by atoms with Crippen molar-refractivity contribution in [2.75, 3.05) is 13.1 Å². The number of hydrogen-bond acceptors (Lipinski definition) is 3. The zero-order valence-electron chi connectivity index (χ0n) is 13.8. The molecule has 0 saturated carbocycles. The van der Waals surface area contributed by atoms with E-state index in [1.165, 1.54) is 29.4 Å². The Hall–Kier alpha value is -2.17. The molecule has 0 aliphatic carbocycles. The lowest BCUT2D eigenvalue weighted by Gasteiger charge is -2.32. The summed E-state index contributed by atoms with van der Waals surface area (Å²) >= 11 is 0. The minimum Gasteiger partial charge on any atom is -0.392 e. The first-order chi connectivity index (χ1) is 11.8. The second kappa shape index (κ2) is 6.75. The van der Waals surface area contributed by atoms with E-state index in [2.05, 4.69) is 39.3 Å². The van der Waals surface area contributed by atoms with Crippen LogP contribution in [0.25, 0.3) is 11.0 Å². The van der Waals surface area contributed by atoms with E-state index in [-0.39, 0.29) is 6.61 Å². The Kier molecular flexibility index (Phi) is 4.32. The van der Waals surface area contributed by atoms with Crippen LogP contribution in [0.1, 0.15) is 35.4 Å². The van der Waals surface area contributed by atoms with Crippen LogP contribution in [0.3, 0.4) is 0 Å². The van der Waals surface area contributed by atoms with Crippen molar-refractivity contribution in [1.29, 1.82) is 0 Å². The molecule has 3 aromatic rings. The number of pyridine rings is 1. The first kappa shape index (κ1) is 15.4. The predicted octanol–water partition coefficient (Wildman–Crippen LogP) is 3.43. The first-order valence-electron chi connectivity index (χ1n) is 8.66. The van der Waals surface area contributed by atoms with Crippen LogP contribution in [0.5, 0.6) is 0 Å². The van der Waals surface area contributed by atoms with Gasteiger partial charge >= 0.3 is 0 Å². The zero-order chi connectivity index (χ0) is 16.4. The molecular formula is C20H23N3O. The van der Waals surface area contributed by atoms with Gasteiger partial charge in [-0.05, 0) is 60.7 Å². The molecule has 4 heteroatoms. The number of nitrogens with one attached hydrogen (secondary N) is 1. The largest absolute Gasteiger partial charge is 0.392 e. The Labute approximate surface area is 142 Å². The van der Waals surface area contributed by atoms with Gasteiger partial charge in [-0.3, -0.25) is 4.90 Å². The quantitative estimate of drug-likeness (QED) is 0.774. The summed E-state index contributed by atoms with van der Waals surface area (Å²) in [4.78, 5) is 10.2. The van der Waals surface area contributed by atoms with Crippen LogP contribution in [0.2, 0.25) is 0 Å². The summed E-state index contributed by atoms with van der Waals surface area (Å²) in [6.07, 6.45) is 6.37. The molecule has 1 fully saturated rings. The summed E-state index contributed by atoms with van der Waals surface area (Å²) < 4.78 is 0. The Bertz CT molecular complexity index is 801. The van der Waals surface area contributed by atoms with Crippen molar-refractivity contribution in [2.45, 2.75) is 31.9 Å². The number of fused-ring (bicyclic) bond motifs is 1. The fraction of sp³-hybridized carbons (Fsp3) is 0.350. The highest BCUT2D eigenvalue weighted by Crippen LogP contribution is 2.32. The third-order valence-corrected chi connectivity index (χ3v) is 5.12. The van der Waals surface area contributed by atoms with E-state index in [4.69, 9.17) is 5.11 Å². The summed E-state index contributed by atoms with van der Waals surface area (Å²) in [5.74, 6) is 0.621. The van der Waals surface area contributed by atoms with Gasteiger partial charge in [0, 0.05) is 24.3 Å². The standard InChI is InChI=1S/C20H23N3O/c24-14-16-5-3-15(4-6-16)13-23-10-7-17(8-11-23)19-12-22-20-18(19)2-1-9-21-20/h1-6,9,12,17,24H,7-8,10-11,13-14H2,(H,21,22). The van der Waals surface area contributed by atoms with Crippen LogP contribution in [0.4, 0.5) is 0 Å². The van der Waals surface area contributed by atoms with Crippen molar-refractivity contribution in [2.24, 2.45) is 0 Å². The van der Waals surface area contributed by atoms with Gasteiger partial charge in [0.2, 0.25) is 0 Å². The molecule has 2 aromatic heterocycles. The minimum atomic E-state index is 0.116. The minimum absolute atomic E-state index is 0.116. The van der Waals surface area contributed by atoms with Crippen LogP contribution in [-0.4, -0.2) is 33.1 Å². The van der Waals surface area contributed by atoms with Gasteiger partial charge in [0.1, 0.15) is 5.65 Å². The second-order valence-corrected chi connectivity index (χ2v) is 6.67. The molecule has 24 heavy (non-hydrogen) atoms. The van der Waals surface area contributed by atoms with Crippen LogP contribution in [-0.2, 0) is 13.2 Å². The van der Waals surface area contributed by atoms with Gasteiger partial charge in [-0.15, -0.1) is 0 Å². The van der Waals surface area contributed by atoms with Crippen LogP contribution in [0, 0.1) is 0 Å². The highest BCUT2D eigenvalue weighted by molar-refractivity contribution is 5.80. The van der Waals surface area contributed by atoms with E-state index >= 15 is 0 Å². The van der Waals surface area contributed by atoms with Gasteiger partial charge in [-0.1, -0.05) is 24.3 Å². The molecule has 124 valence electrons. The molecule has 4 nitrogen and oxygen atoms in total. The number of likely N-dealkylation sites (tertiary alicyclic amines) is 1. The van der Waals surface area contributed by atoms with Crippen molar-refractivity contribution in [1.82, 2.24) is 14.9 Å². The number of nitrogens with zero attached hydrogens (tertiary/aromatic N) is 2. The molecule has 0 amide bonds. The molecule has 0 bridgehead atoms. The van der Waals surface area contributed by atoms with Crippen molar-refractivity contribution in [3.05, 3.63) is 65.5 Å². The van der Waals surface area contributed by atoms with Gasteiger partial charge in [0.05, 0.1) is 6.61 Å². The highest BCUT2D eigenvalue weighted by atomic mass is 16.3. The zero-order valence-corrected chi connectivity index (χ0v) is 13.8. The maximum absolute atomic E-state index is 9.13. The molecule has 0 atom stereocenters. The first-order valence-corrected chi connectivity index (χ1v) is 8.66. The van der Waals surface area contributed by atoms with E-state index in [0.29, 0.717) is 5.92 Å². The Morgan fingerprint density at radius 2 is 1.83 bits per heavy atom. The molecule has 2 N–H and O–H groups in total.